The van der Waals surface area contributed by atoms with Crippen LogP contribution in [0.2, 0.25) is 0 Å². The maximum atomic E-state index is 5.33. The summed E-state index contributed by atoms with van der Waals surface area (Å²) in [5.41, 5.74) is 40.2. The van der Waals surface area contributed by atoms with Crippen molar-refractivity contribution in [3.8, 4) is 135 Å². The number of fused-ring (bicyclic) bond motifs is 18. The van der Waals surface area contributed by atoms with E-state index in [1.54, 1.807) is 12.4 Å². The second-order valence-corrected chi connectivity index (χ2v) is 37.5. The zero-order chi connectivity index (χ0) is 99.1. The SMILES string of the molecule is c1ccc(-c2cc(-c3ccccc3)nc(-n3c4ccccc4c4c(-c5ccc6c(c5)c5ncccc5n6-c5ccccc5)cccc43)c2)cc1.c1ccc(-n2c3ccc(-c4cccc5c4c4ccccc4n5-c4cc(-c5ccccn5)cc(-c5ccccn5)c4)cc3c3ncccc32)cc1.c1ccc(-n2c3ccc(-c4cccc5c4c4ccccc4n5-c4cc(-c5ccccn5)nc(-c5ccccn5)c4)cc3c3ncccc32)cc1. The molecule has 15 heteroatoms. The Hall–Kier alpha value is -20.6. The Balaban J connectivity index is 0.000000108. The van der Waals surface area contributed by atoms with E-state index in [2.05, 4.69) is 438 Å². The quantitative estimate of drug-likeness (QED) is 0.0979. The van der Waals surface area contributed by atoms with Crippen molar-refractivity contribution >= 4 is 131 Å². The van der Waals surface area contributed by atoms with Crippen LogP contribution >= 0.6 is 0 Å². The van der Waals surface area contributed by atoms with Crippen molar-refractivity contribution < 1.29 is 0 Å². The third-order valence-corrected chi connectivity index (χ3v) is 28.9. The van der Waals surface area contributed by atoms with Gasteiger partial charge in [-0.15, -0.1) is 0 Å². The van der Waals surface area contributed by atoms with Gasteiger partial charge in [-0.2, -0.15) is 0 Å². The maximum Gasteiger partial charge on any atom is 0.138 e. The molecule has 0 aliphatic heterocycles. The predicted octanol–water partition coefficient (Wildman–Crippen LogP) is 33.2. The highest BCUT2D eigenvalue weighted by atomic mass is 15.1. The number of aromatic nitrogens is 15. The van der Waals surface area contributed by atoms with Gasteiger partial charge in [0.15, 0.2) is 0 Å². The number of para-hydroxylation sites is 6. The van der Waals surface area contributed by atoms with Crippen LogP contribution in [-0.2, 0) is 0 Å². The molecule has 702 valence electrons. The Morgan fingerprint density at radius 3 is 0.827 bits per heavy atom. The van der Waals surface area contributed by atoms with Gasteiger partial charge in [0.2, 0.25) is 0 Å². The molecule has 0 amide bonds. The van der Waals surface area contributed by atoms with Crippen LogP contribution in [0.3, 0.4) is 0 Å². The van der Waals surface area contributed by atoms with E-state index in [-0.39, 0.29) is 0 Å². The standard InChI is InChI=1S/C46H30N4.C45H29N5.C44H28N6/c1-4-14-31(15-5-1)34-29-39(32-16-6-2-7-17-32)48-44(30-34)50-40-22-11-10-20-37(40)45-36(21-12-23-42(45)50)33-25-26-41-38(28-33)46-43(24-13-27-47-46)49(41)35-18-8-3-9-19-35;1-2-12-33(13-3-1)49-41-22-21-30(29-37(41)45-43(49)20-11-25-48-45)35-15-10-19-42-44(35)36-14-4-5-18-40(36)50(42)34-27-31(38-16-6-8-23-46-38)26-32(28-34)39-17-7-9-24-47-39;1-2-12-30(13-3-1)49-40-22-21-29(26-34(40)44-42(49)20-11-25-47-44)32-15-10-19-41-43(32)33-14-4-5-18-39(33)50(41)31-27-37(35-16-6-8-23-45-35)48-38(28-31)36-17-7-9-24-46-36/h1-30H;1-29H;1-28H. The van der Waals surface area contributed by atoms with Gasteiger partial charge in [-0.25, -0.2) is 9.97 Å². The number of rotatable bonds is 15. The summed E-state index contributed by atoms with van der Waals surface area (Å²) in [6, 6.07) is 171. The number of benzene rings is 15. The van der Waals surface area contributed by atoms with Crippen LogP contribution in [0.25, 0.3) is 267 Å². The van der Waals surface area contributed by atoms with E-state index in [1.807, 2.05) is 116 Å². The Morgan fingerprint density at radius 1 is 0.133 bits per heavy atom. The number of hydrogen-bond donors (Lipinski definition) is 0. The summed E-state index contributed by atoms with van der Waals surface area (Å²) in [4.78, 5) is 43.7. The van der Waals surface area contributed by atoms with Crippen molar-refractivity contribution in [3.63, 3.8) is 0 Å². The molecule has 0 aliphatic carbocycles. The summed E-state index contributed by atoms with van der Waals surface area (Å²) in [7, 11) is 0. The van der Waals surface area contributed by atoms with Crippen LogP contribution in [0.1, 0.15) is 0 Å². The molecule has 0 atom stereocenters. The van der Waals surface area contributed by atoms with E-state index in [0.29, 0.717) is 0 Å². The highest BCUT2D eigenvalue weighted by Gasteiger charge is 2.27. The van der Waals surface area contributed by atoms with E-state index in [1.165, 1.54) is 49.0 Å². The molecule has 15 aromatic heterocycles. The van der Waals surface area contributed by atoms with Crippen molar-refractivity contribution in [1.82, 2.24) is 72.3 Å². The molecule has 0 saturated heterocycles. The molecule has 15 heterocycles. The minimum Gasteiger partial charge on any atom is -0.309 e. The second-order valence-electron chi connectivity index (χ2n) is 37.5. The highest BCUT2D eigenvalue weighted by molar-refractivity contribution is 6.21. The zero-order valence-electron chi connectivity index (χ0n) is 80.9. The number of pyridine rings is 9. The summed E-state index contributed by atoms with van der Waals surface area (Å²) in [5.74, 6) is 0.888. The lowest BCUT2D eigenvalue weighted by Gasteiger charge is -2.13. The molecular weight excluding hydrogens is 1830 g/mol. The summed E-state index contributed by atoms with van der Waals surface area (Å²) in [5, 5.41) is 10.6. The van der Waals surface area contributed by atoms with Crippen LogP contribution in [-0.4, -0.2) is 72.3 Å². The molecule has 0 radical (unpaired) electrons. The van der Waals surface area contributed by atoms with Crippen molar-refractivity contribution in [2.45, 2.75) is 0 Å². The van der Waals surface area contributed by atoms with Gasteiger partial charge in [0.1, 0.15) is 5.82 Å². The first-order valence-electron chi connectivity index (χ1n) is 50.3. The number of hydrogen-bond acceptors (Lipinski definition) is 9. The van der Waals surface area contributed by atoms with Crippen LogP contribution in [0.4, 0.5) is 0 Å². The third kappa shape index (κ3) is 15.2. The molecule has 30 rings (SSSR count). The molecule has 0 spiro atoms. The van der Waals surface area contributed by atoms with Crippen LogP contribution < -0.4 is 0 Å². The summed E-state index contributed by atoms with van der Waals surface area (Å²) < 4.78 is 14.0. The van der Waals surface area contributed by atoms with Crippen LogP contribution in [0, 0.1) is 0 Å². The fraction of sp³-hybridized carbons (Fsp3) is 0. The molecule has 0 fully saturated rings. The molecule has 0 N–H and O–H groups in total. The molecule has 30 aromatic rings. The average molecular weight is 1920 g/mol. The fourth-order valence-corrected chi connectivity index (χ4v) is 22.4. The van der Waals surface area contributed by atoms with Gasteiger partial charge < -0.3 is 22.8 Å². The molecule has 0 aliphatic rings. The Bertz CT molecular complexity index is 9330. The monoisotopic (exact) mass is 1920 g/mol. The summed E-state index contributed by atoms with van der Waals surface area (Å²) >= 11 is 0. The van der Waals surface area contributed by atoms with Gasteiger partial charge in [0.25, 0.3) is 0 Å². The lowest BCUT2D eigenvalue weighted by Crippen LogP contribution is -2.00. The van der Waals surface area contributed by atoms with Gasteiger partial charge in [-0.1, -0.05) is 249 Å². The maximum absolute atomic E-state index is 5.33. The minimum atomic E-state index is 0.790. The Labute approximate surface area is 861 Å². The third-order valence-electron chi connectivity index (χ3n) is 28.9. The normalized spacial score (nSPS) is 11.6. The predicted molar refractivity (Wildman–Crippen MR) is 614 cm³/mol. The lowest BCUT2D eigenvalue weighted by molar-refractivity contribution is 1.08. The fourth-order valence-electron chi connectivity index (χ4n) is 22.4. The van der Waals surface area contributed by atoms with Crippen molar-refractivity contribution in [2.24, 2.45) is 0 Å². The van der Waals surface area contributed by atoms with Crippen molar-refractivity contribution in [1.29, 1.82) is 0 Å². The highest BCUT2D eigenvalue weighted by Crippen LogP contribution is 2.48. The van der Waals surface area contributed by atoms with Crippen LogP contribution in [0.15, 0.2) is 529 Å². The molecule has 0 unspecified atom stereocenters. The summed E-state index contributed by atoms with van der Waals surface area (Å²) in [6.07, 6.45) is 13.0. The minimum absolute atomic E-state index is 0.790. The molecule has 150 heavy (non-hydrogen) atoms. The largest absolute Gasteiger partial charge is 0.309 e. The number of nitrogens with zero attached hydrogens (tertiary/aromatic N) is 15. The van der Waals surface area contributed by atoms with E-state index < -0.39 is 0 Å². The lowest BCUT2D eigenvalue weighted by atomic mass is 9.98. The van der Waals surface area contributed by atoms with Crippen molar-refractivity contribution in [3.05, 3.63) is 529 Å². The zero-order valence-corrected chi connectivity index (χ0v) is 80.9. The average Bonchev–Trinajstić information content (AvgIpc) is 1.71. The van der Waals surface area contributed by atoms with E-state index in [0.717, 1.165) is 218 Å². The Morgan fingerprint density at radius 2 is 0.440 bits per heavy atom. The topological polar surface area (TPSA) is 146 Å². The van der Waals surface area contributed by atoms with Crippen molar-refractivity contribution in [2.75, 3.05) is 0 Å². The first-order chi connectivity index (χ1) is 74.4. The van der Waals surface area contributed by atoms with E-state index >= 15 is 0 Å². The van der Waals surface area contributed by atoms with Gasteiger partial charge in [-0.3, -0.25) is 39.5 Å². The first-order valence-corrected chi connectivity index (χ1v) is 50.3. The Kier molecular flexibility index (Phi) is 21.5. The molecule has 15 aromatic carbocycles. The molecule has 15 nitrogen and oxygen atoms in total. The van der Waals surface area contributed by atoms with Gasteiger partial charge >= 0.3 is 0 Å². The van der Waals surface area contributed by atoms with Gasteiger partial charge in [-0.05, 0) is 281 Å². The van der Waals surface area contributed by atoms with Gasteiger partial charge in [0, 0.05) is 131 Å². The van der Waals surface area contributed by atoms with Gasteiger partial charge in [0.05, 0.1) is 128 Å². The molecule has 0 saturated carbocycles. The molecular formula is C135H87N15. The van der Waals surface area contributed by atoms with E-state index in [9.17, 15) is 0 Å². The van der Waals surface area contributed by atoms with E-state index in [4.69, 9.17) is 34.9 Å². The summed E-state index contributed by atoms with van der Waals surface area (Å²) in [6.45, 7) is 0. The van der Waals surface area contributed by atoms with Crippen LogP contribution in [0.5, 0.6) is 0 Å². The smallest absolute Gasteiger partial charge is 0.138 e. The first kappa shape index (κ1) is 87.3. The second kappa shape index (κ2) is 37.0. The molecule has 0 bridgehead atoms.